The Bertz CT molecular complexity index is 3040. The number of phenols is 1. The van der Waals surface area contributed by atoms with Crippen molar-refractivity contribution >= 4 is 40.7 Å². The zero-order valence-electron chi connectivity index (χ0n) is 44.4. The average Bonchev–Trinajstić information content (AvgIpc) is 4.18. The molecule has 4 aromatic heterocycles. The SMILES string of the molecule is CCc1c2c(nc3ccc(O)cc13)-c1cc3c(c(=O)n1C2)COC(=O)C3(CC)OC(=O)OCC(NC(=O)COCC(=O)NC(C)(C)CCOCCn1cc(CNC(=O)C2CCC(Cn3c(O)ccc3O)CC2)nn1)C(C)C. The van der Waals surface area contributed by atoms with E-state index in [1.54, 1.807) is 60.5 Å². The molecule has 0 spiro atoms. The van der Waals surface area contributed by atoms with Gasteiger partial charge in [-0.1, -0.05) is 32.9 Å². The van der Waals surface area contributed by atoms with E-state index >= 15 is 0 Å². The molecule has 0 bridgehead atoms. The molecule has 2 aliphatic heterocycles. The van der Waals surface area contributed by atoms with E-state index in [0.717, 1.165) is 42.2 Å². The summed E-state index contributed by atoms with van der Waals surface area (Å²) in [5.41, 5.74) is 1.21. The van der Waals surface area contributed by atoms with E-state index in [1.165, 1.54) is 16.7 Å². The molecule has 1 saturated carbocycles. The van der Waals surface area contributed by atoms with Crippen LogP contribution in [-0.2, 0) is 87.7 Å². The van der Waals surface area contributed by atoms with Crippen LogP contribution in [0.5, 0.6) is 17.5 Å². The molecular weight excluding hydrogens is 999 g/mol. The van der Waals surface area contributed by atoms with Crippen molar-refractivity contribution in [3.63, 3.8) is 0 Å². The number of pyridine rings is 2. The summed E-state index contributed by atoms with van der Waals surface area (Å²) in [6.45, 7) is 11.4. The molecule has 3 amide bonds. The fraction of sp³-hybridized carbons (Fsp3) is 0.537. The number of carbonyl (C=O) groups excluding carboxylic acids is 5. The average molecular weight is 1070 g/mol. The summed E-state index contributed by atoms with van der Waals surface area (Å²) in [6, 6.07) is 8.76. The third-order valence-electron chi connectivity index (χ3n) is 14.8. The van der Waals surface area contributed by atoms with E-state index in [9.17, 15) is 44.1 Å². The number of aromatic hydroxyl groups is 3. The number of fused-ring (bicyclic) bond motifs is 5. The number of aromatic nitrogens is 6. The van der Waals surface area contributed by atoms with Crippen LogP contribution in [0.3, 0.4) is 0 Å². The van der Waals surface area contributed by atoms with E-state index < -0.39 is 59.9 Å². The molecule has 23 heteroatoms. The topological polar surface area (TPSA) is 299 Å². The zero-order chi connectivity index (χ0) is 55.2. The maximum absolute atomic E-state index is 14.1. The van der Waals surface area contributed by atoms with Crippen molar-refractivity contribution in [2.24, 2.45) is 17.8 Å². The molecule has 6 heterocycles. The first-order valence-electron chi connectivity index (χ1n) is 26.2. The number of benzene rings is 1. The van der Waals surface area contributed by atoms with Crippen molar-refractivity contribution in [3.05, 3.63) is 80.9 Å². The number of nitrogens with zero attached hydrogens (tertiary/aromatic N) is 6. The van der Waals surface area contributed by atoms with E-state index in [4.69, 9.17) is 28.7 Å². The summed E-state index contributed by atoms with van der Waals surface area (Å²) >= 11 is 0. The van der Waals surface area contributed by atoms with Crippen molar-refractivity contribution in [2.75, 3.05) is 33.0 Å². The van der Waals surface area contributed by atoms with Gasteiger partial charge < -0.3 is 59.5 Å². The minimum Gasteiger partial charge on any atom is -0.508 e. The number of carbonyl (C=O) groups is 5. The lowest BCUT2D eigenvalue weighted by Crippen LogP contribution is -2.48. The van der Waals surface area contributed by atoms with Crippen LogP contribution in [-0.4, -0.2) is 119 Å². The van der Waals surface area contributed by atoms with Gasteiger partial charge in [0.15, 0.2) is 11.8 Å². The first-order chi connectivity index (χ1) is 36.8. The van der Waals surface area contributed by atoms with Crippen LogP contribution in [0.4, 0.5) is 4.79 Å². The van der Waals surface area contributed by atoms with Gasteiger partial charge in [0.2, 0.25) is 23.3 Å². The van der Waals surface area contributed by atoms with Gasteiger partial charge in [0, 0.05) is 53.3 Å². The molecule has 414 valence electrons. The van der Waals surface area contributed by atoms with Crippen LogP contribution in [0.15, 0.2) is 47.4 Å². The Hall–Kier alpha value is -7.53. The lowest BCUT2D eigenvalue weighted by atomic mass is 9.81. The molecule has 23 nitrogen and oxygen atoms in total. The Balaban J connectivity index is 0.732. The summed E-state index contributed by atoms with van der Waals surface area (Å²) in [7, 11) is 0. The number of amides is 3. The number of cyclic esters (lactones) is 1. The van der Waals surface area contributed by atoms with Gasteiger partial charge in [-0.2, -0.15) is 0 Å². The van der Waals surface area contributed by atoms with Crippen molar-refractivity contribution < 1.29 is 63.0 Å². The number of aryl methyl sites for hydroxylation is 1. The van der Waals surface area contributed by atoms with Crippen molar-refractivity contribution in [3.8, 4) is 28.9 Å². The van der Waals surface area contributed by atoms with E-state index in [1.807, 2.05) is 20.8 Å². The van der Waals surface area contributed by atoms with Gasteiger partial charge in [-0.05, 0) is 100 Å². The molecule has 5 aromatic rings. The van der Waals surface area contributed by atoms with Crippen LogP contribution < -0.4 is 21.5 Å². The van der Waals surface area contributed by atoms with Gasteiger partial charge in [0.25, 0.3) is 5.56 Å². The second kappa shape index (κ2) is 23.8. The van der Waals surface area contributed by atoms with Crippen LogP contribution in [0.1, 0.15) is 108 Å². The number of esters is 1. The van der Waals surface area contributed by atoms with Crippen molar-refractivity contribution in [1.29, 1.82) is 0 Å². The molecule has 8 rings (SSSR count). The fourth-order valence-corrected chi connectivity index (χ4v) is 10.3. The van der Waals surface area contributed by atoms with Crippen LogP contribution >= 0.6 is 0 Å². The van der Waals surface area contributed by atoms with Gasteiger partial charge >= 0.3 is 12.1 Å². The first-order valence-corrected chi connectivity index (χ1v) is 26.2. The van der Waals surface area contributed by atoms with Crippen molar-refractivity contribution in [2.45, 2.75) is 136 Å². The minimum absolute atomic E-state index is 0.0278. The number of hydrogen-bond acceptors (Lipinski definition) is 17. The van der Waals surface area contributed by atoms with E-state index in [2.05, 4.69) is 26.3 Å². The molecule has 0 saturated heterocycles. The number of nitrogens with one attached hydrogen (secondary N) is 3. The molecule has 77 heavy (non-hydrogen) atoms. The highest BCUT2D eigenvalue weighted by Crippen LogP contribution is 2.43. The highest BCUT2D eigenvalue weighted by molar-refractivity contribution is 5.90. The molecule has 6 N–H and O–H groups in total. The lowest BCUT2D eigenvalue weighted by Gasteiger charge is -2.35. The quantitative estimate of drug-likeness (QED) is 0.0378. The normalized spacial score (nSPS) is 18.2. The van der Waals surface area contributed by atoms with Crippen LogP contribution in [0, 0.1) is 17.8 Å². The Morgan fingerprint density at radius 3 is 2.39 bits per heavy atom. The third-order valence-corrected chi connectivity index (χ3v) is 14.8. The second-order valence-electron chi connectivity index (χ2n) is 21.0. The Kier molecular flexibility index (Phi) is 17.2. The number of phenolic OH excluding ortho intramolecular Hbond substituents is 1. The fourth-order valence-electron chi connectivity index (χ4n) is 10.3. The summed E-state index contributed by atoms with van der Waals surface area (Å²) in [5, 5.41) is 47.8. The number of ether oxygens (including phenoxy) is 5. The smallest absolute Gasteiger partial charge is 0.508 e. The summed E-state index contributed by atoms with van der Waals surface area (Å²) < 4.78 is 32.7. The first kappa shape index (κ1) is 55.7. The van der Waals surface area contributed by atoms with Gasteiger partial charge in [-0.15, -0.1) is 5.10 Å². The Labute approximate surface area is 444 Å². The molecule has 1 fully saturated rings. The number of hydrogen-bond donors (Lipinski definition) is 6. The van der Waals surface area contributed by atoms with Gasteiger partial charge in [-0.25, -0.2) is 19.3 Å². The third kappa shape index (κ3) is 12.7. The second-order valence-corrected chi connectivity index (χ2v) is 21.0. The molecule has 1 aliphatic carbocycles. The Morgan fingerprint density at radius 1 is 0.935 bits per heavy atom. The summed E-state index contributed by atoms with van der Waals surface area (Å²) in [6.07, 6.45) is 4.58. The van der Waals surface area contributed by atoms with Gasteiger partial charge in [-0.3, -0.25) is 23.7 Å². The lowest BCUT2D eigenvalue weighted by molar-refractivity contribution is -0.175. The maximum Gasteiger partial charge on any atom is 0.509 e. The monoisotopic (exact) mass is 1070 g/mol. The van der Waals surface area contributed by atoms with Crippen LogP contribution in [0.25, 0.3) is 22.3 Å². The van der Waals surface area contributed by atoms with Crippen LogP contribution in [0.2, 0.25) is 0 Å². The molecule has 1 aromatic carbocycles. The maximum atomic E-state index is 14.1. The van der Waals surface area contributed by atoms with Gasteiger partial charge in [0.1, 0.15) is 37.9 Å². The molecular formula is C54H69N9O14. The van der Waals surface area contributed by atoms with Gasteiger partial charge in [0.05, 0.1) is 60.9 Å². The standard InChI is InChI=1S/C54H69N9O14/c1-7-36-37-21-35(64)13-14-41(37)57-48-38(36)26-62-43(48)22-40-39(50(62)70)27-75-51(71)54(40,8-2)77-52(72)76-28-42(31(3)4)56-44(65)29-74-30-45(66)58-53(5,6)17-19-73-20-18-61-25-34(59-60-61)23-55-49(69)33-11-9-32(10-12-33)24-63-46(67)15-16-47(63)68/h13-16,21-22,25,31-33,42,64,67-68H,7-12,17-20,23-24,26-30H2,1-6H3,(H,55,69)(H,56,65)(H,58,66). The Morgan fingerprint density at radius 2 is 1.68 bits per heavy atom. The highest BCUT2D eigenvalue weighted by Gasteiger charge is 2.51. The van der Waals surface area contributed by atoms with E-state index in [0.29, 0.717) is 61.7 Å². The molecule has 0 radical (unpaired) electrons. The number of rotatable bonds is 23. The zero-order valence-corrected chi connectivity index (χ0v) is 44.4. The molecule has 2 unspecified atom stereocenters. The van der Waals surface area contributed by atoms with E-state index in [-0.39, 0.29) is 85.0 Å². The highest BCUT2D eigenvalue weighted by atomic mass is 16.7. The minimum atomic E-state index is -2.02. The predicted octanol–water partition coefficient (Wildman–Crippen LogP) is 4.59. The molecule has 2 atom stereocenters. The summed E-state index contributed by atoms with van der Waals surface area (Å²) in [4.78, 5) is 84.7. The largest absolute Gasteiger partial charge is 0.509 e. The van der Waals surface area contributed by atoms with Crippen molar-refractivity contribution in [1.82, 2.24) is 45.1 Å². The predicted molar refractivity (Wildman–Crippen MR) is 276 cm³/mol. The molecule has 3 aliphatic rings. The summed E-state index contributed by atoms with van der Waals surface area (Å²) in [5.74, 6) is -1.86.